The second kappa shape index (κ2) is 5.55. The highest BCUT2D eigenvalue weighted by Gasteiger charge is 2.16. The summed E-state index contributed by atoms with van der Waals surface area (Å²) >= 11 is 11.7. The molecule has 0 aliphatic rings. The van der Waals surface area contributed by atoms with Crippen molar-refractivity contribution in [2.45, 2.75) is 0 Å². The number of carbonyl (C=O) groups excluding carboxylic acids is 1. The zero-order chi connectivity index (χ0) is 14.0. The van der Waals surface area contributed by atoms with Crippen LogP contribution in [0.5, 0.6) is 0 Å². The van der Waals surface area contributed by atoms with Gasteiger partial charge in [0, 0.05) is 5.56 Å². The van der Waals surface area contributed by atoms with E-state index in [-0.39, 0.29) is 11.3 Å². The SMILES string of the molecule is COC(=O)c1ccc(F)nc1-c1ccc(Cl)c(Cl)c1. The minimum absolute atomic E-state index is 0.155. The lowest BCUT2D eigenvalue weighted by molar-refractivity contribution is 0.0601. The molecule has 0 radical (unpaired) electrons. The largest absolute Gasteiger partial charge is 0.465 e. The van der Waals surface area contributed by atoms with Crippen LogP contribution in [0.2, 0.25) is 10.0 Å². The van der Waals surface area contributed by atoms with Gasteiger partial charge in [-0.05, 0) is 24.3 Å². The maximum atomic E-state index is 13.3. The predicted molar refractivity (Wildman–Crippen MR) is 71.0 cm³/mol. The second-order valence-electron chi connectivity index (χ2n) is 3.65. The highest BCUT2D eigenvalue weighted by molar-refractivity contribution is 6.42. The minimum atomic E-state index is -0.700. The molecule has 3 nitrogen and oxygen atoms in total. The first-order chi connectivity index (χ1) is 9.02. The van der Waals surface area contributed by atoms with Gasteiger partial charge in [-0.1, -0.05) is 29.3 Å². The number of nitrogens with zero attached hydrogens (tertiary/aromatic N) is 1. The van der Waals surface area contributed by atoms with Crippen molar-refractivity contribution in [1.82, 2.24) is 4.98 Å². The quantitative estimate of drug-likeness (QED) is 0.622. The first kappa shape index (κ1) is 13.8. The molecule has 0 fully saturated rings. The van der Waals surface area contributed by atoms with E-state index in [1.807, 2.05) is 0 Å². The standard InChI is InChI=1S/C13H8Cl2FNO2/c1-19-13(18)8-3-5-11(16)17-12(8)7-2-4-9(14)10(15)6-7/h2-6H,1H3. The number of pyridine rings is 1. The van der Waals surface area contributed by atoms with Crippen LogP contribution in [0.4, 0.5) is 4.39 Å². The molecule has 0 saturated carbocycles. The molecule has 1 aromatic carbocycles. The van der Waals surface area contributed by atoms with Crippen molar-refractivity contribution in [3.8, 4) is 11.3 Å². The van der Waals surface area contributed by atoms with Crippen LogP contribution in [0.15, 0.2) is 30.3 Å². The maximum Gasteiger partial charge on any atom is 0.340 e. The van der Waals surface area contributed by atoms with E-state index < -0.39 is 11.9 Å². The van der Waals surface area contributed by atoms with Gasteiger partial charge in [-0.15, -0.1) is 0 Å². The molecule has 1 heterocycles. The number of hydrogen-bond acceptors (Lipinski definition) is 3. The number of esters is 1. The summed E-state index contributed by atoms with van der Waals surface area (Å²) in [5.74, 6) is -1.30. The summed E-state index contributed by atoms with van der Waals surface area (Å²) in [5, 5.41) is 0.655. The van der Waals surface area contributed by atoms with Crippen LogP contribution in [0.1, 0.15) is 10.4 Å². The van der Waals surface area contributed by atoms with E-state index in [4.69, 9.17) is 23.2 Å². The van der Waals surface area contributed by atoms with E-state index in [1.165, 1.54) is 19.2 Å². The molecule has 0 aliphatic carbocycles. The van der Waals surface area contributed by atoms with Crippen molar-refractivity contribution < 1.29 is 13.9 Å². The first-order valence-corrected chi connectivity index (χ1v) is 5.99. The first-order valence-electron chi connectivity index (χ1n) is 5.23. The second-order valence-corrected chi connectivity index (χ2v) is 4.47. The van der Waals surface area contributed by atoms with Crippen molar-refractivity contribution in [3.05, 3.63) is 51.9 Å². The van der Waals surface area contributed by atoms with Crippen molar-refractivity contribution in [2.75, 3.05) is 7.11 Å². The Morgan fingerprint density at radius 2 is 1.95 bits per heavy atom. The lowest BCUT2D eigenvalue weighted by Gasteiger charge is -2.08. The summed E-state index contributed by atoms with van der Waals surface area (Å²) in [7, 11) is 1.24. The molecule has 2 rings (SSSR count). The van der Waals surface area contributed by atoms with E-state index in [9.17, 15) is 9.18 Å². The highest BCUT2D eigenvalue weighted by atomic mass is 35.5. The Hall–Kier alpha value is -1.65. The molecule has 0 spiro atoms. The van der Waals surface area contributed by atoms with Gasteiger partial charge in [0.05, 0.1) is 28.4 Å². The summed E-state index contributed by atoms with van der Waals surface area (Å²) in [4.78, 5) is 15.3. The number of aromatic nitrogens is 1. The molecule has 98 valence electrons. The van der Waals surface area contributed by atoms with Gasteiger partial charge in [-0.3, -0.25) is 0 Å². The Morgan fingerprint density at radius 1 is 1.21 bits per heavy atom. The fourth-order valence-electron chi connectivity index (χ4n) is 1.57. The number of benzene rings is 1. The van der Waals surface area contributed by atoms with Gasteiger partial charge in [-0.25, -0.2) is 9.78 Å². The predicted octanol–water partition coefficient (Wildman–Crippen LogP) is 3.98. The minimum Gasteiger partial charge on any atom is -0.465 e. The van der Waals surface area contributed by atoms with Gasteiger partial charge >= 0.3 is 5.97 Å². The van der Waals surface area contributed by atoms with Gasteiger partial charge in [0.1, 0.15) is 0 Å². The fourth-order valence-corrected chi connectivity index (χ4v) is 1.87. The molecular formula is C13H8Cl2FNO2. The number of hydrogen-bond donors (Lipinski definition) is 0. The monoisotopic (exact) mass is 299 g/mol. The third-order valence-corrected chi connectivity index (χ3v) is 3.20. The fraction of sp³-hybridized carbons (Fsp3) is 0.0769. The maximum absolute atomic E-state index is 13.3. The number of halogens is 3. The van der Waals surface area contributed by atoms with Crippen molar-refractivity contribution in [3.63, 3.8) is 0 Å². The van der Waals surface area contributed by atoms with Crippen LogP contribution in [0.3, 0.4) is 0 Å². The molecule has 0 amide bonds. The Balaban J connectivity index is 2.62. The molecule has 0 unspecified atom stereocenters. The van der Waals surface area contributed by atoms with E-state index in [1.54, 1.807) is 12.1 Å². The summed E-state index contributed by atoms with van der Waals surface area (Å²) in [6.07, 6.45) is 0. The van der Waals surface area contributed by atoms with Crippen molar-refractivity contribution in [1.29, 1.82) is 0 Å². The van der Waals surface area contributed by atoms with Gasteiger partial charge in [-0.2, -0.15) is 4.39 Å². The molecule has 2 aromatic rings. The van der Waals surface area contributed by atoms with Gasteiger partial charge in [0.2, 0.25) is 5.95 Å². The summed E-state index contributed by atoms with van der Waals surface area (Å²) < 4.78 is 17.9. The average Bonchev–Trinajstić information content (AvgIpc) is 2.41. The van der Waals surface area contributed by atoms with Crippen LogP contribution in [-0.2, 0) is 4.74 Å². The van der Waals surface area contributed by atoms with Crippen molar-refractivity contribution in [2.24, 2.45) is 0 Å². The molecule has 0 atom stereocenters. The summed E-state index contributed by atoms with van der Waals surface area (Å²) in [6, 6.07) is 7.06. The van der Waals surface area contributed by atoms with Crippen molar-refractivity contribution >= 4 is 29.2 Å². The molecule has 0 bridgehead atoms. The lowest BCUT2D eigenvalue weighted by Crippen LogP contribution is -2.06. The third-order valence-electron chi connectivity index (χ3n) is 2.46. The number of ether oxygens (including phenoxy) is 1. The zero-order valence-corrected chi connectivity index (χ0v) is 11.3. The topological polar surface area (TPSA) is 39.2 Å². The Bertz CT molecular complexity index is 647. The molecular weight excluding hydrogens is 292 g/mol. The Labute approximate surface area is 118 Å². The molecule has 6 heteroatoms. The van der Waals surface area contributed by atoms with Crippen LogP contribution >= 0.6 is 23.2 Å². The summed E-state index contributed by atoms with van der Waals surface area (Å²) in [6.45, 7) is 0. The smallest absolute Gasteiger partial charge is 0.340 e. The Kier molecular flexibility index (Phi) is 4.02. The van der Waals surface area contributed by atoms with Crippen LogP contribution in [0.25, 0.3) is 11.3 Å². The number of methoxy groups -OCH3 is 1. The molecule has 0 N–H and O–H groups in total. The molecule has 0 aliphatic heterocycles. The van der Waals surface area contributed by atoms with E-state index in [0.717, 1.165) is 6.07 Å². The molecule has 19 heavy (non-hydrogen) atoms. The van der Waals surface area contributed by atoms with Gasteiger partial charge in [0.25, 0.3) is 0 Å². The number of rotatable bonds is 2. The number of carbonyl (C=O) groups is 1. The average molecular weight is 300 g/mol. The van der Waals surface area contributed by atoms with Crippen LogP contribution in [0, 0.1) is 5.95 Å². The zero-order valence-electron chi connectivity index (χ0n) is 9.78. The van der Waals surface area contributed by atoms with Gasteiger partial charge < -0.3 is 4.74 Å². The third kappa shape index (κ3) is 2.85. The Morgan fingerprint density at radius 3 is 2.58 bits per heavy atom. The molecule has 1 aromatic heterocycles. The summed E-state index contributed by atoms with van der Waals surface area (Å²) in [5.41, 5.74) is 0.794. The van der Waals surface area contributed by atoms with E-state index in [2.05, 4.69) is 9.72 Å². The van der Waals surface area contributed by atoms with E-state index >= 15 is 0 Å². The van der Waals surface area contributed by atoms with Gasteiger partial charge in [0.15, 0.2) is 0 Å². The van der Waals surface area contributed by atoms with Crippen LogP contribution < -0.4 is 0 Å². The van der Waals surface area contributed by atoms with E-state index in [0.29, 0.717) is 15.6 Å². The lowest BCUT2D eigenvalue weighted by atomic mass is 10.1. The normalized spacial score (nSPS) is 10.3. The molecule has 0 saturated heterocycles. The van der Waals surface area contributed by atoms with Crippen LogP contribution in [-0.4, -0.2) is 18.1 Å². The highest BCUT2D eigenvalue weighted by Crippen LogP contribution is 2.29.